The molecule has 3 N–H and O–H groups in total. The molecule has 2 aromatic carbocycles. The van der Waals surface area contributed by atoms with Gasteiger partial charge in [-0.2, -0.15) is 5.26 Å². The van der Waals surface area contributed by atoms with Crippen molar-refractivity contribution in [1.82, 2.24) is 4.90 Å². The van der Waals surface area contributed by atoms with Crippen LogP contribution in [-0.2, 0) is 19.1 Å². The van der Waals surface area contributed by atoms with E-state index in [1.165, 1.54) is 19.1 Å². The van der Waals surface area contributed by atoms with Crippen molar-refractivity contribution in [1.29, 1.82) is 5.26 Å². The van der Waals surface area contributed by atoms with Gasteiger partial charge in [0, 0.05) is 5.69 Å². The monoisotopic (exact) mass is 504 g/mol. The van der Waals surface area contributed by atoms with Gasteiger partial charge in [0.1, 0.15) is 16.8 Å². The van der Waals surface area contributed by atoms with Crippen molar-refractivity contribution < 1.29 is 23.9 Å². The first-order chi connectivity index (χ1) is 17.3. The SMILES string of the molecule is COC(=O)C[C@@H]1SC2=C(C(=O)Nc3ccccc3C)[C@H](c3ccc(OC)cc3)C(C#N)=C(N)N2C1=O. The quantitative estimate of drug-likeness (QED) is 0.573. The average molecular weight is 505 g/mol. The standard InChI is InChI=1S/C26H24N4O5S/c1-14-6-4-5-7-18(14)29-24(32)22-21(15-8-10-16(34-2)11-9-15)17(13-27)23(28)30-25(33)19(36-26(22)30)12-20(31)35-3/h4-11,19,21H,12,28H2,1-3H3,(H,29,32)/t19-,21+/m0/s1. The molecule has 0 unspecified atom stereocenters. The third-order valence-corrected chi connectivity index (χ3v) is 7.34. The van der Waals surface area contributed by atoms with Crippen molar-refractivity contribution in [3.05, 3.63) is 81.7 Å². The first kappa shape index (κ1) is 24.9. The lowest BCUT2D eigenvalue weighted by Crippen LogP contribution is -2.39. The predicted molar refractivity (Wildman–Crippen MR) is 134 cm³/mol. The molecule has 10 heteroatoms. The number of carbonyl (C=O) groups excluding carboxylic acids is 3. The molecular formula is C26H24N4O5S. The Morgan fingerprint density at radius 1 is 1.17 bits per heavy atom. The van der Waals surface area contributed by atoms with Crippen LogP contribution in [0, 0.1) is 18.3 Å². The van der Waals surface area contributed by atoms with E-state index in [9.17, 15) is 19.6 Å². The molecule has 2 heterocycles. The fourth-order valence-electron chi connectivity index (χ4n) is 4.18. The van der Waals surface area contributed by atoms with Crippen LogP contribution < -0.4 is 15.8 Å². The van der Waals surface area contributed by atoms with E-state index in [0.29, 0.717) is 17.0 Å². The minimum absolute atomic E-state index is 0.0616. The van der Waals surface area contributed by atoms with E-state index in [0.717, 1.165) is 17.3 Å². The summed E-state index contributed by atoms with van der Waals surface area (Å²) in [5.41, 5.74) is 8.68. The fourth-order valence-corrected chi connectivity index (χ4v) is 5.50. The molecule has 0 aliphatic carbocycles. The number of aryl methyl sites for hydroxylation is 1. The molecule has 9 nitrogen and oxygen atoms in total. The number of fused-ring (bicyclic) bond motifs is 1. The van der Waals surface area contributed by atoms with Crippen molar-refractivity contribution >= 4 is 35.2 Å². The number of methoxy groups -OCH3 is 2. The Balaban J connectivity index is 1.88. The van der Waals surface area contributed by atoms with E-state index in [2.05, 4.69) is 11.4 Å². The number of thioether (sulfide) groups is 1. The lowest BCUT2D eigenvalue weighted by atomic mass is 9.82. The third kappa shape index (κ3) is 4.41. The summed E-state index contributed by atoms with van der Waals surface area (Å²) in [6.07, 6.45) is -0.199. The highest BCUT2D eigenvalue weighted by Gasteiger charge is 2.48. The molecule has 0 radical (unpaired) electrons. The van der Waals surface area contributed by atoms with Gasteiger partial charge in [0.25, 0.3) is 5.91 Å². The third-order valence-electron chi connectivity index (χ3n) is 6.06. The van der Waals surface area contributed by atoms with Crippen LogP contribution in [0.2, 0.25) is 0 Å². The molecule has 184 valence electrons. The maximum absolute atomic E-state index is 13.8. The summed E-state index contributed by atoms with van der Waals surface area (Å²) < 4.78 is 9.98. The summed E-state index contributed by atoms with van der Waals surface area (Å²) in [6, 6.07) is 16.3. The Morgan fingerprint density at radius 3 is 2.47 bits per heavy atom. The van der Waals surface area contributed by atoms with Crippen molar-refractivity contribution in [3.8, 4) is 11.8 Å². The minimum atomic E-state index is -0.846. The number of rotatable bonds is 6. The first-order valence-electron chi connectivity index (χ1n) is 11.0. The van der Waals surface area contributed by atoms with Crippen LogP contribution in [0.3, 0.4) is 0 Å². The fraction of sp³-hybridized carbons (Fsp3) is 0.231. The van der Waals surface area contributed by atoms with Gasteiger partial charge in [-0.1, -0.05) is 42.1 Å². The molecule has 2 aliphatic heterocycles. The zero-order valence-corrected chi connectivity index (χ0v) is 20.7. The van der Waals surface area contributed by atoms with Gasteiger partial charge >= 0.3 is 5.97 Å². The molecule has 2 amide bonds. The number of amides is 2. The normalized spacial score (nSPS) is 19.1. The predicted octanol–water partition coefficient (Wildman–Crippen LogP) is 3.15. The Labute approximate surface area is 212 Å². The van der Waals surface area contributed by atoms with Gasteiger partial charge in [-0.15, -0.1) is 0 Å². The molecule has 36 heavy (non-hydrogen) atoms. The lowest BCUT2D eigenvalue weighted by Gasteiger charge is -2.32. The summed E-state index contributed by atoms with van der Waals surface area (Å²) in [4.78, 5) is 40.2. The second-order valence-corrected chi connectivity index (χ2v) is 9.36. The van der Waals surface area contributed by atoms with Gasteiger partial charge in [-0.3, -0.25) is 19.3 Å². The zero-order valence-electron chi connectivity index (χ0n) is 19.9. The van der Waals surface area contributed by atoms with E-state index in [-0.39, 0.29) is 28.4 Å². The number of hydrogen-bond donors (Lipinski definition) is 2. The summed E-state index contributed by atoms with van der Waals surface area (Å²) >= 11 is 1.07. The van der Waals surface area contributed by atoms with E-state index in [1.807, 2.05) is 19.1 Å². The van der Waals surface area contributed by atoms with Crippen LogP contribution in [0.4, 0.5) is 5.69 Å². The number of anilines is 1. The Hall–Kier alpha value is -4.23. The number of esters is 1. The van der Waals surface area contributed by atoms with E-state index in [1.54, 1.807) is 36.4 Å². The Morgan fingerprint density at radius 2 is 1.86 bits per heavy atom. The number of carbonyl (C=O) groups is 3. The molecule has 0 spiro atoms. The van der Waals surface area contributed by atoms with Gasteiger partial charge in [0.15, 0.2) is 0 Å². The molecule has 4 rings (SSSR count). The van der Waals surface area contributed by atoms with Crippen LogP contribution in [0.15, 0.2) is 70.5 Å². The molecule has 1 fully saturated rings. The van der Waals surface area contributed by atoms with Crippen molar-refractivity contribution in [3.63, 3.8) is 0 Å². The van der Waals surface area contributed by atoms with Gasteiger partial charge in [0.05, 0.1) is 48.8 Å². The van der Waals surface area contributed by atoms with Crippen molar-refractivity contribution in [2.45, 2.75) is 24.5 Å². The number of nitriles is 1. The van der Waals surface area contributed by atoms with Gasteiger partial charge in [-0.25, -0.2) is 0 Å². The maximum Gasteiger partial charge on any atom is 0.307 e. The Kier molecular flexibility index (Phi) is 7.03. The van der Waals surface area contributed by atoms with Crippen molar-refractivity contribution in [2.24, 2.45) is 5.73 Å². The second-order valence-electron chi connectivity index (χ2n) is 8.17. The molecule has 2 aromatic rings. The highest BCUT2D eigenvalue weighted by atomic mass is 32.2. The molecule has 0 saturated carbocycles. The topological polar surface area (TPSA) is 135 Å². The molecule has 2 aliphatic rings. The maximum atomic E-state index is 13.8. The van der Waals surface area contributed by atoms with Crippen LogP contribution in [0.25, 0.3) is 0 Å². The van der Waals surface area contributed by atoms with Crippen molar-refractivity contribution in [2.75, 3.05) is 19.5 Å². The van der Waals surface area contributed by atoms with Gasteiger partial charge < -0.3 is 20.5 Å². The molecule has 1 saturated heterocycles. The highest BCUT2D eigenvalue weighted by molar-refractivity contribution is 8.04. The van der Waals surface area contributed by atoms with Crippen LogP contribution >= 0.6 is 11.8 Å². The number of nitrogens with two attached hydrogens (primary N) is 1. The largest absolute Gasteiger partial charge is 0.497 e. The first-order valence-corrected chi connectivity index (χ1v) is 11.9. The van der Waals surface area contributed by atoms with Gasteiger partial charge in [-0.05, 0) is 36.2 Å². The average Bonchev–Trinajstić information content (AvgIpc) is 3.20. The molecule has 0 bridgehead atoms. The Bertz CT molecular complexity index is 1340. The number of benzene rings is 2. The number of para-hydroxylation sites is 1. The van der Waals surface area contributed by atoms with E-state index in [4.69, 9.17) is 15.2 Å². The number of nitrogens with zero attached hydrogens (tertiary/aromatic N) is 2. The minimum Gasteiger partial charge on any atom is -0.497 e. The summed E-state index contributed by atoms with van der Waals surface area (Å²) in [5.74, 6) is -1.83. The zero-order chi connectivity index (χ0) is 26.0. The smallest absolute Gasteiger partial charge is 0.307 e. The number of allylic oxidation sites excluding steroid dienone is 1. The van der Waals surface area contributed by atoms with E-state index < -0.39 is 29.0 Å². The summed E-state index contributed by atoms with van der Waals surface area (Å²) in [5, 5.41) is 12.5. The second kappa shape index (κ2) is 10.2. The van der Waals surface area contributed by atoms with Crippen LogP contribution in [0.5, 0.6) is 5.75 Å². The van der Waals surface area contributed by atoms with Crippen LogP contribution in [0.1, 0.15) is 23.5 Å². The number of ether oxygens (including phenoxy) is 2. The molecular weight excluding hydrogens is 480 g/mol. The summed E-state index contributed by atoms with van der Waals surface area (Å²) in [6.45, 7) is 1.86. The highest BCUT2D eigenvalue weighted by Crippen LogP contribution is 2.50. The summed E-state index contributed by atoms with van der Waals surface area (Å²) in [7, 11) is 2.78. The number of nitrogens with one attached hydrogen (secondary N) is 1. The lowest BCUT2D eigenvalue weighted by molar-refractivity contribution is -0.142. The van der Waals surface area contributed by atoms with E-state index >= 15 is 0 Å². The molecule has 2 atom stereocenters. The van der Waals surface area contributed by atoms with Gasteiger partial charge in [0.2, 0.25) is 5.91 Å². The molecule has 0 aromatic heterocycles. The number of hydrogen-bond acceptors (Lipinski definition) is 8. The van der Waals surface area contributed by atoms with Crippen LogP contribution in [-0.4, -0.2) is 42.2 Å².